The molecule has 0 fully saturated rings. The van der Waals surface area contributed by atoms with Gasteiger partial charge in [-0.2, -0.15) is 0 Å². The van der Waals surface area contributed by atoms with Crippen LogP contribution in [0.3, 0.4) is 0 Å². The molecular formula is C10H14N2O2. The molecule has 0 radical (unpaired) electrons. The number of anilines is 2. The molecule has 76 valence electrons. The minimum atomic E-state index is -0.760. The first-order chi connectivity index (χ1) is 6.68. The van der Waals surface area contributed by atoms with Crippen LogP contribution in [-0.2, 0) is 4.79 Å². The quantitative estimate of drug-likeness (QED) is 0.491. The molecule has 0 saturated carbocycles. The monoisotopic (exact) mass is 194 g/mol. The van der Waals surface area contributed by atoms with Crippen molar-refractivity contribution in [2.45, 2.75) is 12.8 Å². The van der Waals surface area contributed by atoms with Crippen molar-refractivity contribution in [3.05, 3.63) is 24.3 Å². The summed E-state index contributed by atoms with van der Waals surface area (Å²) in [6.45, 7) is 0.663. The Labute approximate surface area is 82.7 Å². The van der Waals surface area contributed by atoms with E-state index in [4.69, 9.17) is 10.8 Å². The SMILES string of the molecule is Nc1ccc(NCCCC(=O)O)cc1. The van der Waals surface area contributed by atoms with Gasteiger partial charge < -0.3 is 16.2 Å². The van der Waals surface area contributed by atoms with E-state index in [-0.39, 0.29) is 6.42 Å². The summed E-state index contributed by atoms with van der Waals surface area (Å²) in [6, 6.07) is 7.35. The van der Waals surface area contributed by atoms with Crippen LogP contribution in [0.4, 0.5) is 11.4 Å². The smallest absolute Gasteiger partial charge is 0.303 e. The van der Waals surface area contributed by atoms with Crippen LogP contribution in [0.1, 0.15) is 12.8 Å². The summed E-state index contributed by atoms with van der Waals surface area (Å²) in [5.74, 6) is -0.760. The highest BCUT2D eigenvalue weighted by Crippen LogP contribution is 2.10. The Hall–Kier alpha value is -1.71. The predicted molar refractivity (Wildman–Crippen MR) is 56.2 cm³/mol. The molecule has 0 saturated heterocycles. The highest BCUT2D eigenvalue weighted by molar-refractivity contribution is 5.66. The van der Waals surface area contributed by atoms with Crippen LogP contribution < -0.4 is 11.1 Å². The number of hydrogen-bond acceptors (Lipinski definition) is 3. The van der Waals surface area contributed by atoms with E-state index in [0.717, 1.165) is 11.4 Å². The van der Waals surface area contributed by atoms with Crippen molar-refractivity contribution in [3.8, 4) is 0 Å². The van der Waals surface area contributed by atoms with Crippen molar-refractivity contribution in [1.29, 1.82) is 0 Å². The lowest BCUT2D eigenvalue weighted by atomic mass is 10.2. The van der Waals surface area contributed by atoms with E-state index in [1.807, 2.05) is 12.1 Å². The molecule has 0 bridgehead atoms. The molecule has 0 heterocycles. The molecule has 1 rings (SSSR count). The number of rotatable bonds is 5. The van der Waals surface area contributed by atoms with Crippen molar-refractivity contribution in [2.75, 3.05) is 17.6 Å². The molecule has 4 nitrogen and oxygen atoms in total. The van der Waals surface area contributed by atoms with Crippen LogP contribution in [0.15, 0.2) is 24.3 Å². The number of hydrogen-bond donors (Lipinski definition) is 3. The van der Waals surface area contributed by atoms with Gasteiger partial charge in [0, 0.05) is 24.3 Å². The fourth-order valence-corrected chi connectivity index (χ4v) is 1.07. The zero-order valence-electron chi connectivity index (χ0n) is 7.86. The topological polar surface area (TPSA) is 75.3 Å². The van der Waals surface area contributed by atoms with E-state index in [9.17, 15) is 4.79 Å². The first-order valence-corrected chi connectivity index (χ1v) is 4.49. The van der Waals surface area contributed by atoms with Crippen LogP contribution >= 0.6 is 0 Å². The number of carbonyl (C=O) groups is 1. The van der Waals surface area contributed by atoms with Gasteiger partial charge in [0.15, 0.2) is 0 Å². The second-order valence-electron chi connectivity index (χ2n) is 3.05. The molecule has 0 aromatic heterocycles. The zero-order chi connectivity index (χ0) is 10.4. The standard InChI is InChI=1S/C10H14N2O2/c11-8-3-5-9(6-4-8)12-7-1-2-10(13)14/h3-6,12H,1-2,7,11H2,(H,13,14). The average molecular weight is 194 g/mol. The van der Waals surface area contributed by atoms with Crippen LogP contribution in [0.2, 0.25) is 0 Å². The third-order valence-electron chi connectivity index (χ3n) is 1.81. The lowest BCUT2D eigenvalue weighted by Gasteiger charge is -2.04. The van der Waals surface area contributed by atoms with Crippen molar-refractivity contribution in [3.63, 3.8) is 0 Å². The summed E-state index contributed by atoms with van der Waals surface area (Å²) >= 11 is 0. The molecule has 4 N–H and O–H groups in total. The Balaban J connectivity index is 2.25. The van der Waals surface area contributed by atoms with Gasteiger partial charge in [0.1, 0.15) is 0 Å². The summed E-state index contributed by atoms with van der Waals surface area (Å²) in [6.07, 6.45) is 0.821. The second kappa shape index (κ2) is 5.11. The Bertz CT molecular complexity index is 295. The number of nitrogen functional groups attached to an aromatic ring is 1. The van der Waals surface area contributed by atoms with Gasteiger partial charge in [0.25, 0.3) is 0 Å². The molecule has 0 aliphatic heterocycles. The highest BCUT2D eigenvalue weighted by atomic mass is 16.4. The number of nitrogens with two attached hydrogens (primary N) is 1. The molecule has 1 aromatic carbocycles. The maximum absolute atomic E-state index is 10.2. The summed E-state index contributed by atoms with van der Waals surface area (Å²) < 4.78 is 0. The lowest BCUT2D eigenvalue weighted by Crippen LogP contribution is -2.04. The number of benzene rings is 1. The maximum Gasteiger partial charge on any atom is 0.303 e. The summed E-state index contributed by atoms with van der Waals surface area (Å²) in [7, 11) is 0. The number of carboxylic acid groups (broad SMARTS) is 1. The highest BCUT2D eigenvalue weighted by Gasteiger charge is 1.96. The molecule has 14 heavy (non-hydrogen) atoms. The van der Waals surface area contributed by atoms with E-state index in [0.29, 0.717) is 13.0 Å². The summed E-state index contributed by atoms with van der Waals surface area (Å²) in [4.78, 5) is 10.2. The molecule has 0 amide bonds. The van der Waals surface area contributed by atoms with Gasteiger partial charge in [-0.05, 0) is 30.7 Å². The fourth-order valence-electron chi connectivity index (χ4n) is 1.07. The van der Waals surface area contributed by atoms with Gasteiger partial charge in [-0.25, -0.2) is 0 Å². The van der Waals surface area contributed by atoms with Gasteiger partial charge in [-0.3, -0.25) is 4.79 Å². The summed E-state index contributed by atoms with van der Waals surface area (Å²) in [5, 5.41) is 11.5. The first kappa shape index (κ1) is 10.4. The minimum Gasteiger partial charge on any atom is -0.481 e. The Morgan fingerprint density at radius 2 is 2.00 bits per heavy atom. The first-order valence-electron chi connectivity index (χ1n) is 4.49. The van der Waals surface area contributed by atoms with Crippen LogP contribution in [0.5, 0.6) is 0 Å². The third-order valence-corrected chi connectivity index (χ3v) is 1.81. The minimum absolute atomic E-state index is 0.196. The van der Waals surface area contributed by atoms with E-state index in [1.54, 1.807) is 12.1 Å². The van der Waals surface area contributed by atoms with E-state index in [1.165, 1.54) is 0 Å². The van der Waals surface area contributed by atoms with Gasteiger partial charge in [0.05, 0.1) is 0 Å². The Morgan fingerprint density at radius 1 is 1.36 bits per heavy atom. The zero-order valence-corrected chi connectivity index (χ0v) is 7.86. The number of nitrogens with one attached hydrogen (secondary N) is 1. The molecule has 0 unspecified atom stereocenters. The Kier molecular flexibility index (Phi) is 3.79. The average Bonchev–Trinajstić information content (AvgIpc) is 2.15. The van der Waals surface area contributed by atoms with Gasteiger partial charge in [0.2, 0.25) is 0 Å². The molecule has 4 heteroatoms. The van der Waals surface area contributed by atoms with Crippen molar-refractivity contribution in [2.24, 2.45) is 0 Å². The van der Waals surface area contributed by atoms with E-state index < -0.39 is 5.97 Å². The number of carboxylic acids is 1. The van der Waals surface area contributed by atoms with Crippen LogP contribution in [0, 0.1) is 0 Å². The predicted octanol–water partition coefficient (Wildman–Crippen LogP) is 1.55. The maximum atomic E-state index is 10.2. The Morgan fingerprint density at radius 3 is 2.57 bits per heavy atom. The van der Waals surface area contributed by atoms with Crippen molar-refractivity contribution >= 4 is 17.3 Å². The van der Waals surface area contributed by atoms with Crippen molar-refractivity contribution < 1.29 is 9.90 Å². The molecule has 0 spiro atoms. The fraction of sp³-hybridized carbons (Fsp3) is 0.300. The van der Waals surface area contributed by atoms with Gasteiger partial charge in [-0.1, -0.05) is 0 Å². The largest absolute Gasteiger partial charge is 0.481 e. The van der Waals surface area contributed by atoms with E-state index >= 15 is 0 Å². The normalized spacial score (nSPS) is 9.71. The lowest BCUT2D eigenvalue weighted by molar-refractivity contribution is -0.137. The molecule has 0 aliphatic rings. The van der Waals surface area contributed by atoms with Crippen LogP contribution in [0.25, 0.3) is 0 Å². The third kappa shape index (κ3) is 3.80. The molecule has 0 aliphatic carbocycles. The van der Waals surface area contributed by atoms with Crippen LogP contribution in [-0.4, -0.2) is 17.6 Å². The number of aliphatic carboxylic acids is 1. The van der Waals surface area contributed by atoms with Gasteiger partial charge in [-0.15, -0.1) is 0 Å². The van der Waals surface area contributed by atoms with E-state index in [2.05, 4.69) is 5.32 Å². The van der Waals surface area contributed by atoms with Gasteiger partial charge >= 0.3 is 5.97 Å². The molecule has 1 aromatic rings. The second-order valence-corrected chi connectivity index (χ2v) is 3.05. The summed E-state index contributed by atoms with van der Waals surface area (Å²) in [5.41, 5.74) is 7.20. The molecular weight excluding hydrogens is 180 g/mol. The molecule has 0 atom stereocenters. The van der Waals surface area contributed by atoms with Crippen molar-refractivity contribution in [1.82, 2.24) is 0 Å².